The number of carbonyl (C=O) groups is 5. The van der Waals surface area contributed by atoms with Crippen molar-refractivity contribution in [3.63, 3.8) is 0 Å². The average molecular weight is 628 g/mol. The summed E-state index contributed by atoms with van der Waals surface area (Å²) in [5, 5.41) is 16.5. The Morgan fingerprint density at radius 3 is 2.47 bits per heavy atom. The van der Waals surface area contributed by atoms with Gasteiger partial charge in [0, 0.05) is 31.6 Å². The number of likely N-dealkylation sites (N-methyl/N-ethyl adjacent to an activating group) is 1. The van der Waals surface area contributed by atoms with E-state index in [1.807, 2.05) is 24.3 Å². The zero-order valence-corrected chi connectivity index (χ0v) is 26.7. The van der Waals surface area contributed by atoms with Gasteiger partial charge in [-0.3, -0.25) is 24.1 Å². The minimum absolute atomic E-state index is 0.167. The van der Waals surface area contributed by atoms with Gasteiger partial charge in [-0.2, -0.15) is 0 Å². The molecule has 0 aromatic heterocycles. The van der Waals surface area contributed by atoms with Crippen molar-refractivity contribution in [1.29, 1.82) is 0 Å². The Morgan fingerprint density at radius 1 is 1.07 bits per heavy atom. The van der Waals surface area contributed by atoms with Crippen LogP contribution in [0.3, 0.4) is 0 Å². The van der Waals surface area contributed by atoms with Crippen LogP contribution in [0, 0.1) is 0 Å². The highest BCUT2D eigenvalue weighted by Crippen LogP contribution is 2.38. The molecule has 45 heavy (non-hydrogen) atoms. The molecule has 0 radical (unpaired) electrons. The molecule has 13 heteroatoms. The number of nitrogens with one attached hydrogen (secondary N) is 2. The highest BCUT2D eigenvalue weighted by Gasteiger charge is 2.52. The summed E-state index contributed by atoms with van der Waals surface area (Å²) in [5.41, 5.74) is -1.33. The van der Waals surface area contributed by atoms with Gasteiger partial charge in [0.05, 0.1) is 19.2 Å². The minimum Gasteiger partial charge on any atom is -0.493 e. The first-order valence-corrected chi connectivity index (χ1v) is 15.8. The molecule has 5 rings (SSSR count). The van der Waals surface area contributed by atoms with E-state index in [0.29, 0.717) is 45.1 Å². The summed E-state index contributed by atoms with van der Waals surface area (Å²) in [7, 11) is 1.43. The van der Waals surface area contributed by atoms with Crippen LogP contribution in [0.1, 0.15) is 77.8 Å². The predicted molar refractivity (Wildman–Crippen MR) is 162 cm³/mol. The highest BCUT2D eigenvalue weighted by atomic mass is 16.6. The first-order valence-electron chi connectivity index (χ1n) is 15.8. The van der Waals surface area contributed by atoms with Crippen LogP contribution in [0.5, 0.6) is 5.75 Å². The molecule has 5 amide bonds. The third kappa shape index (κ3) is 7.03. The minimum atomic E-state index is -1.45. The number of carbonyl (C=O) groups excluding carboxylic acids is 5. The first-order chi connectivity index (χ1) is 21.2. The lowest BCUT2D eigenvalue weighted by Gasteiger charge is -2.40. The number of para-hydroxylation sites is 1. The molecule has 1 aliphatic carbocycles. The van der Waals surface area contributed by atoms with Gasteiger partial charge in [0.1, 0.15) is 35.1 Å². The molecule has 1 saturated carbocycles. The zero-order chi connectivity index (χ0) is 32.7. The molecule has 2 saturated heterocycles. The van der Waals surface area contributed by atoms with Gasteiger partial charge >= 0.3 is 6.09 Å². The number of amides is 5. The lowest BCUT2D eigenvalue weighted by atomic mass is 10.00. The summed E-state index contributed by atoms with van der Waals surface area (Å²) in [4.78, 5) is 71.5. The van der Waals surface area contributed by atoms with E-state index in [0.717, 1.165) is 16.2 Å². The van der Waals surface area contributed by atoms with Gasteiger partial charge in [-0.1, -0.05) is 18.2 Å². The lowest BCUT2D eigenvalue weighted by Crippen LogP contribution is -2.63. The van der Waals surface area contributed by atoms with Crippen LogP contribution in [-0.2, 0) is 23.9 Å². The molecule has 3 fully saturated rings. The van der Waals surface area contributed by atoms with Crippen molar-refractivity contribution in [3.05, 3.63) is 29.8 Å². The fourth-order valence-electron chi connectivity index (χ4n) is 6.27. The van der Waals surface area contributed by atoms with Crippen LogP contribution in [-0.4, -0.2) is 112 Å². The zero-order valence-electron chi connectivity index (χ0n) is 26.7. The van der Waals surface area contributed by atoms with Gasteiger partial charge in [-0.25, -0.2) is 4.79 Å². The second-order valence-corrected chi connectivity index (χ2v) is 13.6. The van der Waals surface area contributed by atoms with Gasteiger partial charge < -0.3 is 35.0 Å². The quantitative estimate of drug-likeness (QED) is 0.428. The van der Waals surface area contributed by atoms with E-state index >= 15 is 0 Å². The first kappa shape index (κ1) is 32.5. The Balaban J connectivity index is 1.35. The molecular formula is C32H45N5O8. The van der Waals surface area contributed by atoms with Crippen molar-refractivity contribution in [2.24, 2.45) is 0 Å². The third-order valence-electron chi connectivity index (χ3n) is 9.14. The number of hydrogen-bond donors (Lipinski definition) is 3. The number of aliphatic hydroxyl groups is 1. The molecule has 0 unspecified atom stereocenters. The Hall–Kier alpha value is -3.87. The van der Waals surface area contributed by atoms with Crippen LogP contribution in [0.4, 0.5) is 4.79 Å². The molecule has 3 aliphatic heterocycles. The summed E-state index contributed by atoms with van der Waals surface area (Å²) in [6, 6.07) is 3.99. The van der Waals surface area contributed by atoms with Crippen molar-refractivity contribution in [2.75, 3.05) is 26.7 Å². The molecule has 246 valence electrons. The molecular weight excluding hydrogens is 582 g/mol. The number of nitrogens with zero attached hydrogens (tertiary/aromatic N) is 3. The number of fused-ring (bicyclic) bond motifs is 2. The maximum atomic E-state index is 14.3. The maximum Gasteiger partial charge on any atom is 0.410 e. The van der Waals surface area contributed by atoms with Gasteiger partial charge in [-0.15, -0.1) is 0 Å². The van der Waals surface area contributed by atoms with Crippen LogP contribution in [0.2, 0.25) is 0 Å². The summed E-state index contributed by atoms with van der Waals surface area (Å²) in [5.74, 6) is -1.12. The largest absolute Gasteiger partial charge is 0.493 e. The second kappa shape index (κ2) is 12.5. The maximum absolute atomic E-state index is 14.3. The van der Waals surface area contributed by atoms with Gasteiger partial charge in [0.25, 0.3) is 5.91 Å². The summed E-state index contributed by atoms with van der Waals surface area (Å²) < 4.78 is 11.1. The van der Waals surface area contributed by atoms with E-state index in [-0.39, 0.29) is 31.1 Å². The number of ether oxygens (including phenoxy) is 2. The lowest BCUT2D eigenvalue weighted by molar-refractivity contribution is -0.150. The van der Waals surface area contributed by atoms with Gasteiger partial charge in [-0.05, 0) is 65.9 Å². The highest BCUT2D eigenvalue weighted by molar-refractivity contribution is 5.95. The summed E-state index contributed by atoms with van der Waals surface area (Å²) in [6.45, 7) is 7.22. The van der Waals surface area contributed by atoms with Crippen molar-refractivity contribution < 1.29 is 38.6 Å². The SMILES string of the molecule is C[C@@H](C(=O)N[C@H]1CN(C(=O)C2(O)CC2)CC[C@H]2CC[C@@H](C(=O)N[C@@H]3CCOc4ccccc43)N2C1=O)N(C)C(=O)OC(C)(C)C. The number of hydrogen-bond acceptors (Lipinski definition) is 8. The Kier molecular flexibility index (Phi) is 9.03. The van der Waals surface area contributed by atoms with Gasteiger partial charge in [0.15, 0.2) is 0 Å². The molecule has 0 bridgehead atoms. The Labute approximate surface area is 263 Å². The van der Waals surface area contributed by atoms with Crippen molar-refractivity contribution in [1.82, 2.24) is 25.3 Å². The topological polar surface area (TPSA) is 158 Å². The molecule has 1 aromatic carbocycles. The van der Waals surface area contributed by atoms with E-state index in [2.05, 4.69) is 10.6 Å². The van der Waals surface area contributed by atoms with E-state index in [9.17, 15) is 29.1 Å². The van der Waals surface area contributed by atoms with Gasteiger partial charge in [0.2, 0.25) is 17.7 Å². The number of benzene rings is 1. The van der Waals surface area contributed by atoms with E-state index in [1.54, 1.807) is 25.7 Å². The smallest absolute Gasteiger partial charge is 0.410 e. The van der Waals surface area contributed by atoms with E-state index < -0.39 is 53.1 Å². The van der Waals surface area contributed by atoms with Crippen molar-refractivity contribution in [3.8, 4) is 5.75 Å². The third-order valence-corrected chi connectivity index (χ3v) is 9.14. The fourth-order valence-corrected chi connectivity index (χ4v) is 6.27. The van der Waals surface area contributed by atoms with Crippen LogP contribution >= 0.6 is 0 Å². The second-order valence-electron chi connectivity index (χ2n) is 13.6. The van der Waals surface area contributed by atoms with Crippen LogP contribution in [0.25, 0.3) is 0 Å². The van der Waals surface area contributed by atoms with Crippen LogP contribution < -0.4 is 15.4 Å². The number of rotatable bonds is 6. The van der Waals surface area contributed by atoms with E-state index in [1.165, 1.54) is 18.9 Å². The Bertz CT molecular complexity index is 1340. The van der Waals surface area contributed by atoms with Crippen LogP contribution in [0.15, 0.2) is 24.3 Å². The fraction of sp³-hybridized carbons (Fsp3) is 0.656. The van der Waals surface area contributed by atoms with E-state index in [4.69, 9.17) is 9.47 Å². The average Bonchev–Trinajstić information content (AvgIpc) is 3.60. The normalized spacial score (nSPS) is 26.2. The molecule has 1 aromatic rings. The monoisotopic (exact) mass is 627 g/mol. The summed E-state index contributed by atoms with van der Waals surface area (Å²) >= 11 is 0. The predicted octanol–water partition coefficient (Wildman–Crippen LogP) is 1.48. The Morgan fingerprint density at radius 2 is 1.78 bits per heavy atom. The molecule has 0 spiro atoms. The molecule has 3 N–H and O–H groups in total. The molecule has 13 nitrogen and oxygen atoms in total. The molecule has 3 heterocycles. The standard InChI is InChI=1S/C32H45N5O8/c1-19(35(5)30(42)45-31(2,3)4)26(38)34-23-18-36(29(41)32(43)14-15-32)16-12-20-10-11-24(37(20)28(23)40)27(39)33-22-13-17-44-25-9-7-6-8-21(22)25/h6-9,19-20,22-24,43H,10-18H2,1-5H3,(H,33,39)(H,34,38)/t19-,20+,22+,23-,24-/m0/s1. The van der Waals surface area contributed by atoms with Crippen molar-refractivity contribution in [2.45, 2.75) is 108 Å². The molecule has 5 atom stereocenters. The summed E-state index contributed by atoms with van der Waals surface area (Å²) in [6.07, 6.45) is 2.01. The molecule has 4 aliphatic rings. The van der Waals surface area contributed by atoms with Crippen molar-refractivity contribution >= 4 is 29.7 Å².